The van der Waals surface area contributed by atoms with E-state index in [1.165, 1.54) is 4.52 Å². The van der Waals surface area contributed by atoms with Crippen LogP contribution in [0.4, 0.5) is 4.39 Å². The fourth-order valence-corrected chi connectivity index (χ4v) is 0.956. The molecule has 0 unspecified atom stereocenters. The summed E-state index contributed by atoms with van der Waals surface area (Å²) in [5.41, 5.74) is 1.59. The lowest BCUT2D eigenvalue weighted by atomic mass is 10.3. The summed E-state index contributed by atoms with van der Waals surface area (Å²) in [7, 11) is 0. The molecule has 0 saturated heterocycles. The van der Waals surface area contributed by atoms with Crippen molar-refractivity contribution in [1.29, 1.82) is 0 Å². The van der Waals surface area contributed by atoms with Gasteiger partial charge in [0.15, 0.2) is 5.65 Å². The van der Waals surface area contributed by atoms with Crippen molar-refractivity contribution in [3.8, 4) is 0 Å². The van der Waals surface area contributed by atoms with Crippen LogP contribution in [-0.4, -0.2) is 14.6 Å². The molecule has 3 nitrogen and oxygen atoms in total. The van der Waals surface area contributed by atoms with Crippen molar-refractivity contribution in [2.24, 2.45) is 0 Å². The van der Waals surface area contributed by atoms with Gasteiger partial charge in [0.2, 0.25) is 0 Å². The van der Waals surface area contributed by atoms with Gasteiger partial charge in [0.05, 0.1) is 0 Å². The van der Waals surface area contributed by atoms with Gasteiger partial charge in [0.25, 0.3) is 0 Å². The van der Waals surface area contributed by atoms with E-state index in [4.69, 9.17) is 0 Å². The van der Waals surface area contributed by atoms with Gasteiger partial charge in [0, 0.05) is 6.20 Å². The smallest absolute Gasteiger partial charge is 0.218 e. The van der Waals surface area contributed by atoms with Crippen molar-refractivity contribution in [1.82, 2.24) is 14.6 Å². The number of halogens is 1. The lowest BCUT2D eigenvalue weighted by molar-refractivity contribution is 0.539. The first-order valence-corrected chi connectivity index (χ1v) is 3.24. The van der Waals surface area contributed by atoms with Crippen LogP contribution in [0.3, 0.4) is 0 Å². The fourth-order valence-electron chi connectivity index (χ4n) is 0.956. The minimum atomic E-state index is -0.685. The van der Waals surface area contributed by atoms with Crippen LogP contribution >= 0.6 is 0 Å². The third-order valence-electron chi connectivity index (χ3n) is 1.47. The summed E-state index contributed by atoms with van der Waals surface area (Å²) in [4.78, 5) is 3.56. The third kappa shape index (κ3) is 0.960. The summed E-state index contributed by atoms with van der Waals surface area (Å²) >= 11 is 0. The molecule has 56 valence electrons. The van der Waals surface area contributed by atoms with E-state index in [9.17, 15) is 4.39 Å². The molecule has 2 aromatic rings. The second kappa shape index (κ2) is 2.02. The van der Waals surface area contributed by atoms with E-state index in [-0.39, 0.29) is 0 Å². The number of aryl methyl sites for hydroxylation is 1. The quantitative estimate of drug-likeness (QED) is 0.565. The molecule has 0 aromatic carbocycles. The molecule has 0 aliphatic rings. The minimum Gasteiger partial charge on any atom is -0.218 e. The molecule has 2 aromatic heterocycles. The molecule has 0 N–H and O–H groups in total. The maximum atomic E-state index is 12.4. The van der Waals surface area contributed by atoms with Gasteiger partial charge in [-0.05, 0) is 24.6 Å². The van der Waals surface area contributed by atoms with Crippen molar-refractivity contribution in [3.05, 3.63) is 30.0 Å². The maximum Gasteiger partial charge on any atom is 0.327 e. The Morgan fingerprint density at radius 3 is 3.18 bits per heavy atom. The number of hydrogen-bond acceptors (Lipinski definition) is 2. The van der Waals surface area contributed by atoms with Gasteiger partial charge in [-0.2, -0.15) is 9.37 Å². The molecule has 11 heavy (non-hydrogen) atoms. The van der Waals surface area contributed by atoms with Gasteiger partial charge in [-0.1, -0.05) is 0 Å². The molecule has 2 heterocycles. The maximum absolute atomic E-state index is 12.4. The highest BCUT2D eigenvalue weighted by molar-refractivity contribution is 5.38. The Morgan fingerprint density at radius 2 is 2.36 bits per heavy atom. The van der Waals surface area contributed by atoms with E-state index in [0.717, 1.165) is 5.56 Å². The first-order chi connectivity index (χ1) is 5.25. The Balaban J connectivity index is 2.82. The van der Waals surface area contributed by atoms with Crippen molar-refractivity contribution in [2.45, 2.75) is 6.92 Å². The van der Waals surface area contributed by atoms with E-state index in [2.05, 4.69) is 10.1 Å². The first-order valence-electron chi connectivity index (χ1n) is 3.24. The van der Waals surface area contributed by atoms with Crippen LogP contribution in [0, 0.1) is 13.0 Å². The molecule has 0 amide bonds. The van der Waals surface area contributed by atoms with Gasteiger partial charge < -0.3 is 0 Å². The average molecular weight is 151 g/mol. The lowest BCUT2D eigenvalue weighted by Gasteiger charge is -1.90. The fraction of sp³-hybridized carbons (Fsp3) is 0.143. The van der Waals surface area contributed by atoms with Gasteiger partial charge in [0.1, 0.15) is 0 Å². The van der Waals surface area contributed by atoms with Gasteiger partial charge in [-0.25, -0.2) is 4.52 Å². The van der Waals surface area contributed by atoms with Crippen LogP contribution in [0.25, 0.3) is 5.65 Å². The number of rotatable bonds is 0. The lowest BCUT2D eigenvalue weighted by Crippen LogP contribution is -1.86. The summed E-state index contributed by atoms with van der Waals surface area (Å²) in [5, 5.41) is 3.49. The average Bonchev–Trinajstić information content (AvgIpc) is 2.27. The summed E-state index contributed by atoms with van der Waals surface area (Å²) in [6.45, 7) is 1.92. The van der Waals surface area contributed by atoms with Crippen LogP contribution in [0.1, 0.15) is 5.56 Å². The second-order valence-corrected chi connectivity index (χ2v) is 2.39. The highest BCUT2D eigenvalue weighted by Gasteiger charge is 1.99. The summed E-state index contributed by atoms with van der Waals surface area (Å²) < 4.78 is 13.8. The molecule has 0 radical (unpaired) electrons. The molecule has 0 atom stereocenters. The Labute approximate surface area is 62.5 Å². The second-order valence-electron chi connectivity index (χ2n) is 2.39. The molecule has 0 bridgehead atoms. The molecule has 0 saturated carbocycles. The van der Waals surface area contributed by atoms with E-state index >= 15 is 0 Å². The number of hydrogen-bond donors (Lipinski definition) is 0. The Hall–Kier alpha value is -1.45. The zero-order valence-corrected chi connectivity index (χ0v) is 5.95. The SMILES string of the molecule is Cc1ccn2nc(F)nc2c1. The van der Waals surface area contributed by atoms with Gasteiger partial charge >= 0.3 is 6.08 Å². The molecule has 4 heteroatoms. The van der Waals surface area contributed by atoms with Crippen LogP contribution in [0.2, 0.25) is 0 Å². The largest absolute Gasteiger partial charge is 0.327 e. The predicted molar refractivity (Wildman–Crippen MR) is 37.7 cm³/mol. The van der Waals surface area contributed by atoms with Crippen LogP contribution < -0.4 is 0 Å². The van der Waals surface area contributed by atoms with Gasteiger partial charge in [-0.15, -0.1) is 5.10 Å². The standard InChI is InChI=1S/C7H6FN3/c1-5-2-3-11-6(4-5)9-7(8)10-11/h2-4H,1H3. The molecular formula is C7H6FN3. The number of nitrogens with zero attached hydrogens (tertiary/aromatic N) is 3. The molecular weight excluding hydrogens is 145 g/mol. The topological polar surface area (TPSA) is 30.2 Å². The normalized spacial score (nSPS) is 10.7. The first kappa shape index (κ1) is 6.27. The third-order valence-corrected chi connectivity index (χ3v) is 1.47. The number of aromatic nitrogens is 3. The Morgan fingerprint density at radius 1 is 1.55 bits per heavy atom. The number of pyridine rings is 1. The highest BCUT2D eigenvalue weighted by Crippen LogP contribution is 2.02. The van der Waals surface area contributed by atoms with Crippen LogP contribution in [0.15, 0.2) is 18.3 Å². The zero-order valence-electron chi connectivity index (χ0n) is 5.95. The zero-order chi connectivity index (χ0) is 7.84. The molecule has 0 aliphatic carbocycles. The van der Waals surface area contributed by atoms with Crippen molar-refractivity contribution in [3.63, 3.8) is 0 Å². The van der Waals surface area contributed by atoms with E-state index in [1.807, 2.05) is 13.0 Å². The van der Waals surface area contributed by atoms with E-state index < -0.39 is 6.08 Å². The van der Waals surface area contributed by atoms with Gasteiger partial charge in [-0.3, -0.25) is 0 Å². The van der Waals surface area contributed by atoms with Crippen LogP contribution in [0.5, 0.6) is 0 Å². The summed E-state index contributed by atoms with van der Waals surface area (Å²) in [5.74, 6) is 0. The summed E-state index contributed by atoms with van der Waals surface area (Å²) in [6.07, 6.45) is 0.997. The van der Waals surface area contributed by atoms with Crippen molar-refractivity contribution >= 4 is 5.65 Å². The predicted octanol–water partition coefficient (Wildman–Crippen LogP) is 1.18. The molecule has 0 fully saturated rings. The summed E-state index contributed by atoms with van der Waals surface area (Å²) in [6, 6.07) is 3.62. The Kier molecular flexibility index (Phi) is 1.15. The minimum absolute atomic E-state index is 0.544. The molecule has 0 aliphatic heterocycles. The monoisotopic (exact) mass is 151 g/mol. The van der Waals surface area contributed by atoms with E-state index in [0.29, 0.717) is 5.65 Å². The van der Waals surface area contributed by atoms with E-state index in [1.54, 1.807) is 12.3 Å². The molecule has 2 rings (SSSR count). The van der Waals surface area contributed by atoms with Crippen molar-refractivity contribution in [2.75, 3.05) is 0 Å². The van der Waals surface area contributed by atoms with Crippen molar-refractivity contribution < 1.29 is 4.39 Å². The molecule has 0 spiro atoms. The highest BCUT2D eigenvalue weighted by atomic mass is 19.1. The number of fused-ring (bicyclic) bond motifs is 1. The Bertz CT molecular complexity index is 393. The van der Waals surface area contributed by atoms with Crippen LogP contribution in [-0.2, 0) is 0 Å².